The maximum absolute atomic E-state index is 11.1. The Bertz CT molecular complexity index is 1020. The van der Waals surface area contributed by atoms with Crippen molar-refractivity contribution in [3.8, 4) is 22.6 Å². The summed E-state index contributed by atoms with van der Waals surface area (Å²) in [6.07, 6.45) is 5.43. The van der Waals surface area contributed by atoms with E-state index in [4.69, 9.17) is 9.84 Å². The summed E-state index contributed by atoms with van der Waals surface area (Å²) in [6, 6.07) is 17.4. The third kappa shape index (κ3) is 4.37. The monoisotopic (exact) mass is 390 g/mol. The summed E-state index contributed by atoms with van der Waals surface area (Å²) >= 11 is 0. The van der Waals surface area contributed by atoms with Crippen molar-refractivity contribution < 1.29 is 19.7 Å². The summed E-state index contributed by atoms with van der Waals surface area (Å²) in [6.45, 7) is 0.672. The number of phenolic OH excluding ortho intramolecular Hbond substituents is 1. The van der Waals surface area contributed by atoms with Crippen LogP contribution in [0, 0.1) is 5.92 Å². The van der Waals surface area contributed by atoms with Crippen LogP contribution in [0.1, 0.15) is 37.7 Å². The molecule has 0 heterocycles. The van der Waals surface area contributed by atoms with E-state index in [1.807, 2.05) is 48.5 Å². The zero-order chi connectivity index (χ0) is 20.2. The summed E-state index contributed by atoms with van der Waals surface area (Å²) in [5.41, 5.74) is 2.90. The molecule has 3 aromatic rings. The van der Waals surface area contributed by atoms with Gasteiger partial charge in [-0.2, -0.15) is 0 Å². The van der Waals surface area contributed by atoms with Gasteiger partial charge in [0.25, 0.3) is 0 Å². The molecule has 0 unspecified atom stereocenters. The van der Waals surface area contributed by atoms with E-state index in [0.29, 0.717) is 18.9 Å². The number of fused-ring (bicyclic) bond motifs is 1. The van der Waals surface area contributed by atoms with E-state index in [-0.39, 0.29) is 12.2 Å². The van der Waals surface area contributed by atoms with Crippen molar-refractivity contribution >= 4 is 16.7 Å². The number of hydrogen-bond donors (Lipinski definition) is 2. The van der Waals surface area contributed by atoms with Crippen LogP contribution in [0.5, 0.6) is 11.5 Å². The molecule has 0 atom stereocenters. The molecule has 0 amide bonds. The fraction of sp³-hybridized carbons (Fsp3) is 0.320. The predicted molar refractivity (Wildman–Crippen MR) is 114 cm³/mol. The van der Waals surface area contributed by atoms with Gasteiger partial charge in [0.05, 0.1) is 6.61 Å². The minimum absolute atomic E-state index is 0.0782. The van der Waals surface area contributed by atoms with E-state index < -0.39 is 5.97 Å². The lowest BCUT2D eigenvalue weighted by Crippen LogP contribution is -2.10. The third-order valence-corrected chi connectivity index (χ3v) is 5.81. The number of phenols is 1. The molecule has 2 N–H and O–H groups in total. The number of aryl methyl sites for hydroxylation is 1. The number of carboxylic acid groups (broad SMARTS) is 1. The third-order valence-electron chi connectivity index (χ3n) is 5.81. The van der Waals surface area contributed by atoms with Crippen LogP contribution >= 0.6 is 0 Å². The molecule has 1 fully saturated rings. The Labute approximate surface area is 170 Å². The zero-order valence-electron chi connectivity index (χ0n) is 16.4. The van der Waals surface area contributed by atoms with E-state index in [1.54, 1.807) is 6.07 Å². The minimum atomic E-state index is -0.807. The average molecular weight is 390 g/mol. The maximum Gasteiger partial charge on any atom is 0.303 e. The number of benzene rings is 3. The van der Waals surface area contributed by atoms with Crippen LogP contribution in [0.4, 0.5) is 0 Å². The number of hydrogen-bond acceptors (Lipinski definition) is 3. The first-order valence-electron chi connectivity index (χ1n) is 10.3. The number of aromatic hydroxyl groups is 1. The molecule has 0 saturated heterocycles. The highest BCUT2D eigenvalue weighted by Crippen LogP contribution is 2.37. The van der Waals surface area contributed by atoms with Crippen LogP contribution in [0.25, 0.3) is 21.9 Å². The molecular formula is C25H26O4. The second-order valence-corrected chi connectivity index (χ2v) is 7.86. The highest BCUT2D eigenvalue weighted by Gasteiger charge is 2.19. The number of aliphatic carboxylic acids is 1. The fourth-order valence-electron chi connectivity index (χ4n) is 4.23. The van der Waals surface area contributed by atoms with Gasteiger partial charge in [-0.15, -0.1) is 0 Å². The molecule has 150 valence electrons. The molecule has 1 aliphatic carbocycles. The van der Waals surface area contributed by atoms with Gasteiger partial charge in [0.1, 0.15) is 11.5 Å². The lowest BCUT2D eigenvalue weighted by atomic mass is 9.96. The van der Waals surface area contributed by atoms with Gasteiger partial charge < -0.3 is 14.9 Å². The summed E-state index contributed by atoms with van der Waals surface area (Å²) in [5, 5.41) is 21.0. The number of ether oxygens (including phenoxy) is 1. The standard InChI is InChI=1S/C25H26O4/c26-23-10-4-8-19-15-20(11-13-21(19)23)22-9-3-7-18(12-14-24(27)28)25(22)29-16-17-5-1-2-6-17/h3-4,7-11,13,15,17,26H,1-2,5-6,12,14,16H2,(H,27,28). The van der Waals surface area contributed by atoms with Crippen LogP contribution in [0.2, 0.25) is 0 Å². The predicted octanol–water partition coefficient (Wildman–Crippen LogP) is 5.80. The van der Waals surface area contributed by atoms with Crippen molar-refractivity contribution in [2.75, 3.05) is 6.61 Å². The molecule has 4 heteroatoms. The number of carboxylic acids is 1. The molecule has 0 radical (unpaired) electrons. The molecule has 0 aromatic heterocycles. The molecular weight excluding hydrogens is 364 g/mol. The Morgan fingerprint density at radius 2 is 1.83 bits per heavy atom. The van der Waals surface area contributed by atoms with Crippen molar-refractivity contribution in [1.82, 2.24) is 0 Å². The van der Waals surface area contributed by atoms with Crippen molar-refractivity contribution in [1.29, 1.82) is 0 Å². The second-order valence-electron chi connectivity index (χ2n) is 7.86. The zero-order valence-corrected chi connectivity index (χ0v) is 16.4. The first kappa shape index (κ1) is 19.3. The first-order valence-corrected chi connectivity index (χ1v) is 10.3. The second kappa shape index (κ2) is 8.56. The minimum Gasteiger partial charge on any atom is -0.507 e. The summed E-state index contributed by atoms with van der Waals surface area (Å²) in [5.74, 6) is 0.823. The SMILES string of the molecule is O=C(O)CCc1cccc(-c2ccc3c(O)cccc3c2)c1OCC1CCCC1. The van der Waals surface area contributed by atoms with E-state index in [9.17, 15) is 9.90 Å². The largest absolute Gasteiger partial charge is 0.507 e. The smallest absolute Gasteiger partial charge is 0.303 e. The van der Waals surface area contributed by atoms with Gasteiger partial charge in [0, 0.05) is 17.4 Å². The Morgan fingerprint density at radius 1 is 1.03 bits per heavy atom. The molecule has 0 bridgehead atoms. The Kier molecular flexibility index (Phi) is 5.70. The van der Waals surface area contributed by atoms with Crippen molar-refractivity contribution in [3.05, 3.63) is 60.2 Å². The van der Waals surface area contributed by atoms with Crippen molar-refractivity contribution in [3.63, 3.8) is 0 Å². The molecule has 29 heavy (non-hydrogen) atoms. The Morgan fingerprint density at radius 3 is 2.62 bits per heavy atom. The molecule has 3 aromatic carbocycles. The summed E-state index contributed by atoms with van der Waals surface area (Å²) in [7, 11) is 0. The van der Waals surface area contributed by atoms with E-state index in [0.717, 1.165) is 33.2 Å². The van der Waals surface area contributed by atoms with Gasteiger partial charge >= 0.3 is 5.97 Å². The normalized spacial score (nSPS) is 14.3. The van der Waals surface area contributed by atoms with Gasteiger partial charge in [-0.3, -0.25) is 4.79 Å². The van der Waals surface area contributed by atoms with Crippen LogP contribution in [0.15, 0.2) is 54.6 Å². The molecule has 0 aliphatic heterocycles. The van der Waals surface area contributed by atoms with Crippen LogP contribution in [-0.2, 0) is 11.2 Å². The van der Waals surface area contributed by atoms with E-state index in [1.165, 1.54) is 25.7 Å². The van der Waals surface area contributed by atoms with Crippen LogP contribution in [0.3, 0.4) is 0 Å². The molecule has 4 nitrogen and oxygen atoms in total. The van der Waals surface area contributed by atoms with Gasteiger partial charge in [-0.05, 0) is 53.8 Å². The Hall–Kier alpha value is -3.01. The first-order chi connectivity index (χ1) is 14.1. The topological polar surface area (TPSA) is 66.8 Å². The van der Waals surface area contributed by atoms with E-state index >= 15 is 0 Å². The Balaban J connectivity index is 1.72. The number of para-hydroxylation sites is 1. The van der Waals surface area contributed by atoms with E-state index in [2.05, 4.69) is 0 Å². The van der Waals surface area contributed by atoms with Crippen LogP contribution in [-0.4, -0.2) is 22.8 Å². The van der Waals surface area contributed by atoms with Gasteiger partial charge in [-0.25, -0.2) is 0 Å². The van der Waals surface area contributed by atoms with Gasteiger partial charge in [0.2, 0.25) is 0 Å². The van der Waals surface area contributed by atoms with Gasteiger partial charge in [0.15, 0.2) is 0 Å². The molecule has 1 saturated carbocycles. The van der Waals surface area contributed by atoms with Crippen molar-refractivity contribution in [2.45, 2.75) is 38.5 Å². The molecule has 4 rings (SSSR count). The summed E-state index contributed by atoms with van der Waals surface area (Å²) in [4.78, 5) is 11.1. The van der Waals surface area contributed by atoms with Crippen LogP contribution < -0.4 is 4.74 Å². The fourth-order valence-corrected chi connectivity index (χ4v) is 4.23. The maximum atomic E-state index is 11.1. The number of rotatable bonds is 7. The number of carbonyl (C=O) groups is 1. The lowest BCUT2D eigenvalue weighted by Gasteiger charge is -2.19. The van der Waals surface area contributed by atoms with Crippen molar-refractivity contribution in [2.24, 2.45) is 5.92 Å². The van der Waals surface area contributed by atoms with Gasteiger partial charge in [-0.1, -0.05) is 55.3 Å². The lowest BCUT2D eigenvalue weighted by molar-refractivity contribution is -0.136. The summed E-state index contributed by atoms with van der Waals surface area (Å²) < 4.78 is 6.33. The average Bonchev–Trinajstić information content (AvgIpc) is 3.24. The quantitative estimate of drug-likeness (QED) is 0.535. The highest BCUT2D eigenvalue weighted by molar-refractivity contribution is 5.92. The molecule has 0 spiro atoms. The highest BCUT2D eigenvalue weighted by atomic mass is 16.5. The molecule has 1 aliphatic rings.